The van der Waals surface area contributed by atoms with Gasteiger partial charge in [0.25, 0.3) is 32.1 Å². The maximum absolute atomic E-state index is 13.2. The predicted octanol–water partition coefficient (Wildman–Crippen LogP) is 3.79. The van der Waals surface area contributed by atoms with Crippen LogP contribution < -0.4 is 10.6 Å². The molecule has 17 heteroatoms. The number of hydrogen-bond donors (Lipinski definition) is 6. The van der Waals surface area contributed by atoms with Crippen molar-refractivity contribution in [2.45, 2.75) is 25.0 Å². The molecule has 0 fully saturated rings. The van der Waals surface area contributed by atoms with Crippen LogP contribution in [0.15, 0.2) is 128 Å². The summed E-state index contributed by atoms with van der Waals surface area (Å²) in [6, 6.07) is 11.0. The third-order valence-electron chi connectivity index (χ3n) is 8.69. The van der Waals surface area contributed by atoms with Gasteiger partial charge in [0.1, 0.15) is 0 Å². The van der Waals surface area contributed by atoms with Gasteiger partial charge in [-0.15, -0.1) is 0 Å². The van der Waals surface area contributed by atoms with Crippen molar-refractivity contribution in [1.82, 2.24) is 0 Å². The van der Waals surface area contributed by atoms with E-state index in [0.29, 0.717) is 11.1 Å². The molecule has 268 valence electrons. The minimum Gasteiger partial charge on any atom is -0.385 e. The number of urea groups is 1. The number of allylic oxidation sites excluding steroid dienone is 8. The first-order valence-corrected chi connectivity index (χ1v) is 18.5. The summed E-state index contributed by atoms with van der Waals surface area (Å²) in [5.41, 5.74) is 1.79. The lowest BCUT2D eigenvalue weighted by Crippen LogP contribution is -2.30. The van der Waals surface area contributed by atoms with Gasteiger partial charge in [-0.25, -0.2) is 14.8 Å². The van der Waals surface area contributed by atoms with Crippen molar-refractivity contribution in [2.24, 2.45) is 21.8 Å². The summed E-state index contributed by atoms with van der Waals surface area (Å²) in [6.07, 6.45) is 8.33. The van der Waals surface area contributed by atoms with Gasteiger partial charge >= 0.3 is 6.03 Å². The molecule has 0 aromatic heterocycles. The number of aliphatic hydroxyl groups is 2. The summed E-state index contributed by atoms with van der Waals surface area (Å²) in [5.74, 6) is -2.95. The number of amides is 4. The highest BCUT2D eigenvalue weighted by Crippen LogP contribution is 2.36. The smallest absolute Gasteiger partial charge is 0.323 e. The molecule has 0 aliphatic heterocycles. The quantitative estimate of drug-likeness (QED) is 0.232. The molecule has 0 saturated heterocycles. The number of benzene rings is 2. The van der Waals surface area contributed by atoms with Gasteiger partial charge in [-0.3, -0.25) is 18.7 Å². The largest absolute Gasteiger partial charge is 0.385 e. The van der Waals surface area contributed by atoms with Gasteiger partial charge in [0.2, 0.25) is 0 Å². The average Bonchev–Trinajstić information content (AvgIpc) is 3.09. The molecular formula is C35H30N4O11S2. The molecule has 0 radical (unpaired) electrons. The van der Waals surface area contributed by atoms with Crippen LogP contribution in [0.5, 0.6) is 0 Å². The molecule has 0 heterocycles. The number of nitrogens with one attached hydrogen (secondary N) is 2. The Kier molecular flexibility index (Phi) is 10.00. The maximum atomic E-state index is 13.2. The van der Waals surface area contributed by atoms with Crippen LogP contribution in [0, 0.1) is 11.8 Å². The lowest BCUT2D eigenvalue weighted by atomic mass is 9.80. The highest BCUT2D eigenvalue weighted by Gasteiger charge is 2.35. The Hall–Kier alpha value is -5.43. The number of nitrogens with zero attached hydrogens (tertiary/aromatic N) is 2. The minimum absolute atomic E-state index is 0.0860. The lowest BCUT2D eigenvalue weighted by Gasteiger charge is -2.29. The average molecular weight is 747 g/mol. The second-order valence-corrected chi connectivity index (χ2v) is 15.0. The van der Waals surface area contributed by atoms with Crippen LogP contribution in [0.1, 0.15) is 33.6 Å². The number of aliphatic imine (C=N–C) groups is 2. The van der Waals surface area contributed by atoms with Crippen molar-refractivity contribution < 1.29 is 50.5 Å². The van der Waals surface area contributed by atoms with Crippen molar-refractivity contribution in [3.05, 3.63) is 129 Å². The number of fused-ring (bicyclic) bond motifs is 2. The molecule has 2 aromatic rings. The first kappa shape index (κ1) is 36.4. The molecule has 15 nitrogen and oxygen atoms in total. The van der Waals surface area contributed by atoms with Crippen molar-refractivity contribution in [1.29, 1.82) is 0 Å². The molecule has 4 atom stereocenters. The van der Waals surface area contributed by atoms with E-state index in [1.54, 1.807) is 0 Å². The van der Waals surface area contributed by atoms with E-state index in [0.717, 1.165) is 0 Å². The van der Waals surface area contributed by atoms with Crippen LogP contribution in [0.4, 0.5) is 16.2 Å². The van der Waals surface area contributed by atoms with Crippen LogP contribution in [0.3, 0.4) is 0 Å². The monoisotopic (exact) mass is 746 g/mol. The number of rotatable bonds is 6. The van der Waals surface area contributed by atoms with Crippen LogP contribution >= 0.6 is 0 Å². The third-order valence-corrected chi connectivity index (χ3v) is 10.6. The predicted molar refractivity (Wildman–Crippen MR) is 191 cm³/mol. The van der Waals surface area contributed by atoms with E-state index in [2.05, 4.69) is 20.6 Å². The van der Waals surface area contributed by atoms with E-state index in [9.17, 15) is 50.5 Å². The number of hydrogen-bond acceptors (Lipinski definition) is 9. The summed E-state index contributed by atoms with van der Waals surface area (Å²) in [4.78, 5) is 46.9. The first-order chi connectivity index (χ1) is 24.6. The Labute approximate surface area is 297 Å². The molecule has 0 saturated carbocycles. The number of carbonyl (C=O) groups excluding carboxylic acids is 3. The molecule has 4 unspecified atom stereocenters. The fourth-order valence-electron chi connectivity index (χ4n) is 6.11. The van der Waals surface area contributed by atoms with Crippen molar-refractivity contribution in [3.8, 4) is 0 Å². The molecule has 4 amide bonds. The fraction of sp³-hybridized carbons (Fsp3) is 0.171. The standard InChI is InChI=1S/C35H30N4O11S2/c40-31-13-11-29(27-17-23(51(45,46)47)7-9-25(27)31)38-33(42)19-3-1-5-21(15-19)36-35(44)37-22-6-2-4-20(16-22)34(43)39-30-12-14-32(41)26-10-8-24(18-28(26)30)52(48,49)50/h1-16,27-28,31-32,40-41H,17-18H2,(H2,36,37,44)(H,45,46,47)(H,48,49,50). The Balaban J connectivity index is 1.13. The highest BCUT2D eigenvalue weighted by molar-refractivity contribution is 7.90. The first-order valence-electron chi connectivity index (χ1n) is 15.6. The SMILES string of the molecule is O=C(Nc1cccc(C(=O)N=C2C=CC(O)C3=CC=C(S(=O)(=O)O)CC32)c1)Nc1cccc(C(=O)N=C2C=CC(O)C3=CC=C(S(=O)(=O)O)CC32)c1. The number of anilines is 2. The topological polar surface area (TPSA) is 249 Å². The zero-order valence-electron chi connectivity index (χ0n) is 26.8. The molecule has 6 N–H and O–H groups in total. The zero-order valence-corrected chi connectivity index (χ0v) is 28.5. The van der Waals surface area contributed by atoms with Crippen LogP contribution in [0.2, 0.25) is 0 Å². The van der Waals surface area contributed by atoms with E-state index < -0.39 is 62.1 Å². The minimum atomic E-state index is -4.50. The van der Waals surface area contributed by atoms with E-state index in [-0.39, 0.29) is 56.6 Å². The molecule has 0 spiro atoms. The molecule has 4 aliphatic rings. The summed E-state index contributed by atoms with van der Waals surface area (Å²) in [5, 5.41) is 25.9. The molecular weight excluding hydrogens is 717 g/mol. The van der Waals surface area contributed by atoms with Gasteiger partial charge in [-0.1, -0.05) is 36.4 Å². The van der Waals surface area contributed by atoms with E-state index in [4.69, 9.17) is 0 Å². The van der Waals surface area contributed by atoms with Crippen LogP contribution in [-0.2, 0) is 20.2 Å². The van der Waals surface area contributed by atoms with Gasteiger partial charge < -0.3 is 20.8 Å². The molecule has 52 heavy (non-hydrogen) atoms. The van der Waals surface area contributed by atoms with E-state index >= 15 is 0 Å². The van der Waals surface area contributed by atoms with Crippen LogP contribution in [-0.4, -0.2) is 77.6 Å². The van der Waals surface area contributed by atoms with Crippen LogP contribution in [0.25, 0.3) is 0 Å². The maximum Gasteiger partial charge on any atom is 0.323 e. The Morgan fingerprint density at radius 3 is 1.42 bits per heavy atom. The van der Waals surface area contributed by atoms with Crippen molar-refractivity contribution in [2.75, 3.05) is 10.6 Å². The summed E-state index contributed by atoms with van der Waals surface area (Å²) in [6.45, 7) is 0. The Morgan fingerprint density at radius 1 is 0.635 bits per heavy atom. The third kappa shape index (κ3) is 8.04. The van der Waals surface area contributed by atoms with E-state index in [1.807, 2.05) is 0 Å². The molecule has 0 bridgehead atoms. The van der Waals surface area contributed by atoms with Gasteiger partial charge in [-0.05, 0) is 84.7 Å². The zero-order chi connectivity index (χ0) is 37.4. The van der Waals surface area contributed by atoms with Crippen molar-refractivity contribution in [3.63, 3.8) is 0 Å². The second kappa shape index (κ2) is 14.3. The van der Waals surface area contributed by atoms with E-state index in [1.165, 1.54) is 97.1 Å². The number of carbonyl (C=O) groups is 3. The summed E-state index contributed by atoms with van der Waals surface area (Å²) < 4.78 is 65.9. The Bertz CT molecular complexity index is 2200. The van der Waals surface area contributed by atoms with Crippen molar-refractivity contribution >= 4 is 60.9 Å². The van der Waals surface area contributed by atoms with Gasteiger partial charge in [0.05, 0.1) is 33.4 Å². The fourth-order valence-corrected chi connectivity index (χ4v) is 7.34. The summed E-state index contributed by atoms with van der Waals surface area (Å²) >= 11 is 0. The second-order valence-electron chi connectivity index (χ2n) is 12.1. The number of aliphatic hydroxyl groups excluding tert-OH is 2. The molecule has 2 aromatic carbocycles. The highest BCUT2D eigenvalue weighted by atomic mass is 32.2. The van der Waals surface area contributed by atoms with Gasteiger partial charge in [0, 0.05) is 34.3 Å². The molecule has 6 rings (SSSR count). The normalized spacial score (nSPS) is 24.2. The van der Waals surface area contributed by atoms with Gasteiger partial charge in [-0.2, -0.15) is 16.8 Å². The lowest BCUT2D eigenvalue weighted by molar-refractivity contribution is 0.0994. The van der Waals surface area contributed by atoms with Gasteiger partial charge in [0.15, 0.2) is 0 Å². The summed E-state index contributed by atoms with van der Waals surface area (Å²) in [7, 11) is -8.99. The molecule has 4 aliphatic carbocycles. The Morgan fingerprint density at radius 2 is 1.04 bits per heavy atom.